The molecule has 0 unspecified atom stereocenters. The highest BCUT2D eigenvalue weighted by atomic mass is 32.1. The molecule has 1 aromatic rings. The number of nitrogens with zero attached hydrogens (tertiary/aromatic N) is 2. The van der Waals surface area contributed by atoms with Crippen molar-refractivity contribution in [2.45, 2.75) is 6.42 Å². The van der Waals surface area contributed by atoms with Crippen molar-refractivity contribution in [3.8, 4) is 0 Å². The monoisotopic (exact) mass is 281 g/mol. The first kappa shape index (κ1) is 13.4. The van der Waals surface area contributed by atoms with Gasteiger partial charge in [0.25, 0.3) is 5.91 Å². The maximum atomic E-state index is 13.3. The third-order valence-corrected chi connectivity index (χ3v) is 2.64. The van der Waals surface area contributed by atoms with E-state index in [9.17, 15) is 13.6 Å². The Balaban J connectivity index is 1.91. The number of hydrogen-bond acceptors (Lipinski definition) is 3. The van der Waals surface area contributed by atoms with E-state index in [4.69, 9.17) is 12.2 Å². The molecule has 19 heavy (non-hydrogen) atoms. The quantitative estimate of drug-likeness (QED) is 0.849. The van der Waals surface area contributed by atoms with Crippen LogP contribution < -0.4 is 5.32 Å². The van der Waals surface area contributed by atoms with Gasteiger partial charge in [0, 0.05) is 12.1 Å². The van der Waals surface area contributed by atoms with Crippen molar-refractivity contribution in [3.63, 3.8) is 0 Å². The van der Waals surface area contributed by atoms with Crippen molar-refractivity contribution >= 4 is 35.2 Å². The molecule has 0 spiro atoms. The molecular formula is C12H9F2N3OS. The van der Waals surface area contributed by atoms with Gasteiger partial charge in [0.05, 0.1) is 6.21 Å². The summed E-state index contributed by atoms with van der Waals surface area (Å²) in [6.45, 7) is 0.0813. The van der Waals surface area contributed by atoms with Crippen molar-refractivity contribution in [2.24, 2.45) is 9.98 Å². The van der Waals surface area contributed by atoms with Gasteiger partial charge < -0.3 is 5.32 Å². The molecule has 0 saturated heterocycles. The molecule has 1 N–H and O–H groups in total. The summed E-state index contributed by atoms with van der Waals surface area (Å²) in [6.07, 6.45) is 1.34. The third kappa shape index (κ3) is 3.25. The number of nitrogens with one attached hydrogen (secondary N) is 1. The van der Waals surface area contributed by atoms with E-state index >= 15 is 0 Å². The molecule has 2 rings (SSSR count). The Morgan fingerprint density at radius 3 is 2.58 bits per heavy atom. The molecule has 98 valence electrons. The van der Waals surface area contributed by atoms with Crippen LogP contribution >= 0.6 is 12.2 Å². The average molecular weight is 281 g/mol. The predicted octanol–water partition coefficient (Wildman–Crippen LogP) is 1.43. The summed E-state index contributed by atoms with van der Waals surface area (Å²) in [4.78, 5) is 19.2. The first-order chi connectivity index (χ1) is 9.08. The van der Waals surface area contributed by atoms with Gasteiger partial charge >= 0.3 is 0 Å². The number of thiocarbonyl (C=S) groups is 1. The van der Waals surface area contributed by atoms with E-state index in [1.807, 2.05) is 0 Å². The van der Waals surface area contributed by atoms with Crippen LogP contribution in [0.25, 0.3) is 0 Å². The maximum Gasteiger partial charge on any atom is 0.289 e. The fourth-order valence-corrected chi connectivity index (χ4v) is 1.68. The Kier molecular flexibility index (Phi) is 4.06. The molecule has 4 nitrogen and oxygen atoms in total. The molecule has 1 aliphatic heterocycles. The topological polar surface area (TPSA) is 53.8 Å². The molecule has 1 heterocycles. The van der Waals surface area contributed by atoms with E-state index < -0.39 is 17.5 Å². The standard InChI is InChI=1S/C12H9F2N3OS/c13-8-2-1-3-9(14)7(8)4-5-15-12(18)11-16-6-10(19)17-11/h1-3,6H,4-5H2,(H,15,18). The van der Waals surface area contributed by atoms with Gasteiger partial charge in [0.15, 0.2) is 0 Å². The second kappa shape index (κ2) is 5.75. The van der Waals surface area contributed by atoms with Gasteiger partial charge in [-0.25, -0.2) is 18.8 Å². The molecule has 7 heteroatoms. The fraction of sp³-hybridized carbons (Fsp3) is 0.167. The first-order valence-electron chi connectivity index (χ1n) is 5.46. The minimum atomic E-state index is -0.633. The summed E-state index contributed by atoms with van der Waals surface area (Å²) in [6, 6.07) is 3.63. The second-order valence-corrected chi connectivity index (χ2v) is 4.16. The lowest BCUT2D eigenvalue weighted by molar-refractivity contribution is -0.114. The average Bonchev–Trinajstić information content (AvgIpc) is 2.79. The third-order valence-electron chi connectivity index (χ3n) is 2.44. The van der Waals surface area contributed by atoms with Gasteiger partial charge in [-0.1, -0.05) is 18.3 Å². The van der Waals surface area contributed by atoms with Crippen molar-refractivity contribution in [3.05, 3.63) is 35.4 Å². The van der Waals surface area contributed by atoms with E-state index in [-0.39, 0.29) is 29.4 Å². The van der Waals surface area contributed by atoms with Gasteiger partial charge in [-0.2, -0.15) is 0 Å². The Morgan fingerprint density at radius 1 is 1.32 bits per heavy atom. The molecule has 0 aliphatic carbocycles. The van der Waals surface area contributed by atoms with Crippen LogP contribution in [0.15, 0.2) is 28.2 Å². The number of aliphatic imine (C=N–C) groups is 2. The SMILES string of the molecule is O=C(NCCc1c(F)cccc1F)C1=NC(=S)C=N1. The normalized spacial score (nSPS) is 13.6. The molecule has 1 amide bonds. The van der Waals surface area contributed by atoms with Gasteiger partial charge in [-0.3, -0.25) is 4.79 Å². The molecule has 0 fully saturated rings. The minimum Gasteiger partial charge on any atom is -0.349 e. The number of amides is 1. The Hall–Kier alpha value is -2.02. The van der Waals surface area contributed by atoms with Gasteiger partial charge in [0.1, 0.15) is 16.6 Å². The maximum absolute atomic E-state index is 13.3. The molecule has 0 aromatic heterocycles. The van der Waals surface area contributed by atoms with Crippen LogP contribution in [-0.4, -0.2) is 29.5 Å². The van der Waals surface area contributed by atoms with Crippen molar-refractivity contribution < 1.29 is 13.6 Å². The number of hydrogen-bond donors (Lipinski definition) is 1. The second-order valence-electron chi connectivity index (χ2n) is 3.74. The first-order valence-corrected chi connectivity index (χ1v) is 5.86. The number of amidine groups is 1. The van der Waals surface area contributed by atoms with Gasteiger partial charge in [-0.15, -0.1) is 0 Å². The minimum absolute atomic E-state index is 0.0426. The van der Waals surface area contributed by atoms with E-state index in [0.717, 1.165) is 0 Å². The summed E-state index contributed by atoms with van der Waals surface area (Å²) in [5.41, 5.74) is -0.0600. The summed E-state index contributed by atoms with van der Waals surface area (Å²) >= 11 is 4.72. The molecule has 0 atom stereocenters. The summed E-state index contributed by atoms with van der Waals surface area (Å²) < 4.78 is 26.6. The zero-order valence-corrected chi connectivity index (χ0v) is 10.5. The highest BCUT2D eigenvalue weighted by molar-refractivity contribution is 7.81. The van der Waals surface area contributed by atoms with Crippen LogP contribution in [0.3, 0.4) is 0 Å². The van der Waals surface area contributed by atoms with Gasteiger partial charge in [-0.05, 0) is 18.6 Å². The lowest BCUT2D eigenvalue weighted by Crippen LogP contribution is -2.31. The number of benzene rings is 1. The number of carbonyl (C=O) groups is 1. The molecule has 0 radical (unpaired) electrons. The zero-order chi connectivity index (χ0) is 13.8. The summed E-state index contributed by atoms with van der Waals surface area (Å²) in [5, 5.41) is 2.47. The number of halogens is 2. The van der Waals surface area contributed by atoms with Crippen LogP contribution in [0, 0.1) is 11.6 Å². The molecular weight excluding hydrogens is 272 g/mol. The Morgan fingerprint density at radius 2 is 2.00 bits per heavy atom. The largest absolute Gasteiger partial charge is 0.349 e. The van der Waals surface area contributed by atoms with E-state index in [1.54, 1.807) is 0 Å². The van der Waals surface area contributed by atoms with E-state index in [2.05, 4.69) is 15.3 Å². The molecule has 1 aromatic carbocycles. The zero-order valence-electron chi connectivity index (χ0n) is 9.69. The van der Waals surface area contributed by atoms with Crippen LogP contribution in [0.2, 0.25) is 0 Å². The van der Waals surface area contributed by atoms with Crippen molar-refractivity contribution in [1.82, 2.24) is 5.32 Å². The highest BCUT2D eigenvalue weighted by Crippen LogP contribution is 2.11. The highest BCUT2D eigenvalue weighted by Gasteiger charge is 2.15. The number of carbonyl (C=O) groups excluding carboxylic acids is 1. The molecule has 0 bridgehead atoms. The van der Waals surface area contributed by atoms with Crippen LogP contribution in [0.1, 0.15) is 5.56 Å². The fourth-order valence-electron chi connectivity index (χ4n) is 1.54. The smallest absolute Gasteiger partial charge is 0.289 e. The van der Waals surface area contributed by atoms with Crippen molar-refractivity contribution in [2.75, 3.05) is 6.54 Å². The van der Waals surface area contributed by atoms with Crippen LogP contribution in [-0.2, 0) is 11.2 Å². The van der Waals surface area contributed by atoms with Crippen LogP contribution in [0.5, 0.6) is 0 Å². The van der Waals surface area contributed by atoms with Crippen molar-refractivity contribution in [1.29, 1.82) is 0 Å². The Bertz CT molecular complexity index is 578. The van der Waals surface area contributed by atoms with Gasteiger partial charge in [0.2, 0.25) is 5.84 Å². The number of rotatable bonds is 4. The predicted molar refractivity (Wildman–Crippen MR) is 71.6 cm³/mol. The summed E-state index contributed by atoms with van der Waals surface area (Å²) in [5.74, 6) is -1.83. The molecule has 1 aliphatic rings. The Labute approximate surface area is 113 Å². The van der Waals surface area contributed by atoms with Crippen LogP contribution in [0.4, 0.5) is 8.78 Å². The summed E-state index contributed by atoms with van der Waals surface area (Å²) in [7, 11) is 0. The lowest BCUT2D eigenvalue weighted by atomic mass is 10.1. The molecule has 0 saturated carbocycles. The lowest BCUT2D eigenvalue weighted by Gasteiger charge is -2.06. The van der Waals surface area contributed by atoms with E-state index in [0.29, 0.717) is 0 Å². The van der Waals surface area contributed by atoms with E-state index in [1.165, 1.54) is 24.4 Å².